The number of rotatable bonds is 0. The van der Waals surface area contributed by atoms with E-state index in [2.05, 4.69) is 17.3 Å². The number of hydrogen-bond donors (Lipinski definition) is 1. The summed E-state index contributed by atoms with van der Waals surface area (Å²) >= 11 is 0. The van der Waals surface area contributed by atoms with Gasteiger partial charge in [-0.1, -0.05) is 0 Å². The third-order valence-corrected chi connectivity index (χ3v) is 2.95. The topological polar surface area (TPSA) is 24.5 Å². The van der Waals surface area contributed by atoms with Gasteiger partial charge in [0, 0.05) is 13.1 Å². The van der Waals surface area contributed by atoms with Crippen molar-refractivity contribution in [2.24, 2.45) is 0 Å². The minimum absolute atomic E-state index is 0.193. The molecule has 0 aliphatic carbocycles. The molecule has 12 heavy (non-hydrogen) atoms. The van der Waals surface area contributed by atoms with Crippen molar-refractivity contribution in [1.29, 1.82) is 0 Å². The molecule has 3 heteroatoms. The number of nitrogens with zero attached hydrogens (tertiary/aromatic N) is 1. The normalized spacial score (nSPS) is 30.8. The first-order valence-electron chi connectivity index (χ1n) is 4.84. The summed E-state index contributed by atoms with van der Waals surface area (Å²) in [6.45, 7) is 5.36. The van der Waals surface area contributed by atoms with Gasteiger partial charge in [-0.2, -0.15) is 0 Å². The van der Waals surface area contributed by atoms with Crippen LogP contribution in [0.3, 0.4) is 0 Å². The van der Waals surface area contributed by atoms with Crippen LogP contribution in [0.2, 0.25) is 0 Å². The standard InChI is InChI=1S/C9H18N2O/c1-11-6-7-12-9(8-11)2-4-10-5-3-9/h10H,2-8H2,1H3. The van der Waals surface area contributed by atoms with Crippen molar-refractivity contribution in [2.75, 3.05) is 39.8 Å². The van der Waals surface area contributed by atoms with E-state index in [1.165, 1.54) is 12.8 Å². The van der Waals surface area contributed by atoms with Gasteiger partial charge in [-0.3, -0.25) is 0 Å². The van der Waals surface area contributed by atoms with Gasteiger partial charge in [0.2, 0.25) is 0 Å². The molecule has 1 N–H and O–H groups in total. The Kier molecular flexibility index (Phi) is 2.35. The van der Waals surface area contributed by atoms with Crippen molar-refractivity contribution in [2.45, 2.75) is 18.4 Å². The molecule has 0 atom stereocenters. The monoisotopic (exact) mass is 170 g/mol. The Morgan fingerprint density at radius 3 is 2.75 bits per heavy atom. The number of ether oxygens (including phenoxy) is 1. The Hall–Kier alpha value is -0.120. The summed E-state index contributed by atoms with van der Waals surface area (Å²) in [6, 6.07) is 0. The first-order chi connectivity index (χ1) is 5.81. The van der Waals surface area contributed by atoms with Gasteiger partial charge in [0.1, 0.15) is 0 Å². The summed E-state index contributed by atoms with van der Waals surface area (Å²) in [6.07, 6.45) is 2.36. The maximum Gasteiger partial charge on any atom is 0.0833 e. The molecule has 0 aromatic rings. The first kappa shape index (κ1) is 8.48. The molecule has 0 bridgehead atoms. The fourth-order valence-electron chi connectivity index (χ4n) is 2.22. The predicted octanol–water partition coefficient (Wildman–Crippen LogP) is 0.0706. The number of hydrogen-bond acceptors (Lipinski definition) is 3. The van der Waals surface area contributed by atoms with Gasteiger partial charge in [-0.15, -0.1) is 0 Å². The molecule has 3 nitrogen and oxygen atoms in total. The number of piperidine rings is 1. The molecule has 2 fully saturated rings. The third kappa shape index (κ3) is 1.63. The molecule has 0 amide bonds. The molecule has 1 spiro atoms. The zero-order chi connectivity index (χ0) is 8.44. The molecule has 2 rings (SSSR count). The Morgan fingerprint density at radius 2 is 2.08 bits per heavy atom. The van der Waals surface area contributed by atoms with E-state index in [0.29, 0.717) is 0 Å². The molecule has 70 valence electrons. The fraction of sp³-hybridized carbons (Fsp3) is 1.00. The maximum absolute atomic E-state index is 5.90. The van der Waals surface area contributed by atoms with Gasteiger partial charge in [0.15, 0.2) is 0 Å². The van der Waals surface area contributed by atoms with Gasteiger partial charge in [0.25, 0.3) is 0 Å². The lowest BCUT2D eigenvalue weighted by Gasteiger charge is -2.44. The van der Waals surface area contributed by atoms with Crippen LogP contribution < -0.4 is 5.32 Å². The van der Waals surface area contributed by atoms with Crippen LogP contribution in [-0.2, 0) is 4.74 Å². The Labute approximate surface area is 74.1 Å². The summed E-state index contributed by atoms with van der Waals surface area (Å²) in [5.74, 6) is 0. The van der Waals surface area contributed by atoms with Gasteiger partial charge >= 0.3 is 0 Å². The average molecular weight is 170 g/mol. The van der Waals surface area contributed by atoms with Crippen LogP contribution in [0.4, 0.5) is 0 Å². The van der Waals surface area contributed by atoms with E-state index < -0.39 is 0 Å². The van der Waals surface area contributed by atoms with Crippen molar-refractivity contribution in [3.05, 3.63) is 0 Å². The van der Waals surface area contributed by atoms with E-state index in [0.717, 1.165) is 32.8 Å². The molecule has 0 unspecified atom stereocenters. The van der Waals surface area contributed by atoms with E-state index in [4.69, 9.17) is 4.74 Å². The smallest absolute Gasteiger partial charge is 0.0833 e. The molecule has 2 aliphatic heterocycles. The quantitative estimate of drug-likeness (QED) is 0.557. The molecule has 0 radical (unpaired) electrons. The van der Waals surface area contributed by atoms with E-state index in [-0.39, 0.29) is 5.60 Å². The van der Waals surface area contributed by atoms with Gasteiger partial charge in [-0.05, 0) is 33.0 Å². The molecule has 0 saturated carbocycles. The van der Waals surface area contributed by atoms with Crippen LogP contribution in [0.15, 0.2) is 0 Å². The number of morpholine rings is 1. The zero-order valence-corrected chi connectivity index (χ0v) is 7.81. The van der Waals surface area contributed by atoms with Crippen molar-refractivity contribution >= 4 is 0 Å². The molecule has 2 saturated heterocycles. The van der Waals surface area contributed by atoms with Crippen LogP contribution in [0, 0.1) is 0 Å². The van der Waals surface area contributed by atoms with Crippen molar-refractivity contribution in [1.82, 2.24) is 10.2 Å². The minimum atomic E-state index is 0.193. The molecule has 2 heterocycles. The molecule has 0 aromatic carbocycles. The second-order valence-corrected chi connectivity index (χ2v) is 4.02. The summed E-state index contributed by atoms with van der Waals surface area (Å²) in [7, 11) is 2.19. The van der Waals surface area contributed by atoms with Crippen LogP contribution in [0.1, 0.15) is 12.8 Å². The third-order valence-electron chi connectivity index (χ3n) is 2.95. The van der Waals surface area contributed by atoms with E-state index in [1.807, 2.05) is 0 Å². The fourth-order valence-corrected chi connectivity index (χ4v) is 2.22. The summed E-state index contributed by atoms with van der Waals surface area (Å²) in [4.78, 5) is 2.38. The summed E-state index contributed by atoms with van der Waals surface area (Å²) < 4.78 is 5.90. The Morgan fingerprint density at radius 1 is 1.33 bits per heavy atom. The highest BCUT2D eigenvalue weighted by Gasteiger charge is 2.36. The van der Waals surface area contributed by atoms with Crippen molar-refractivity contribution in [3.8, 4) is 0 Å². The zero-order valence-electron chi connectivity index (χ0n) is 7.81. The SMILES string of the molecule is CN1CCOC2(CCNCC2)C1. The molecular weight excluding hydrogens is 152 g/mol. The van der Waals surface area contributed by atoms with Crippen LogP contribution in [-0.4, -0.2) is 50.3 Å². The number of nitrogens with one attached hydrogen (secondary N) is 1. The second kappa shape index (κ2) is 3.32. The predicted molar refractivity (Wildman–Crippen MR) is 48.3 cm³/mol. The molecule has 2 aliphatic rings. The van der Waals surface area contributed by atoms with E-state index in [1.54, 1.807) is 0 Å². The highest BCUT2D eigenvalue weighted by Crippen LogP contribution is 2.26. The molecular formula is C9H18N2O. The van der Waals surface area contributed by atoms with Crippen LogP contribution in [0.5, 0.6) is 0 Å². The van der Waals surface area contributed by atoms with Crippen LogP contribution >= 0.6 is 0 Å². The van der Waals surface area contributed by atoms with Gasteiger partial charge < -0.3 is 15.0 Å². The molecule has 0 aromatic heterocycles. The Balaban J connectivity index is 1.97. The lowest BCUT2D eigenvalue weighted by molar-refractivity contribution is -0.117. The average Bonchev–Trinajstić information content (AvgIpc) is 2.05. The summed E-state index contributed by atoms with van der Waals surface area (Å²) in [5.41, 5.74) is 0.193. The first-order valence-corrected chi connectivity index (χ1v) is 4.84. The van der Waals surface area contributed by atoms with Gasteiger partial charge in [0.05, 0.1) is 12.2 Å². The Bertz CT molecular complexity index is 149. The second-order valence-electron chi connectivity index (χ2n) is 4.02. The summed E-state index contributed by atoms with van der Waals surface area (Å²) in [5, 5.41) is 3.37. The maximum atomic E-state index is 5.90. The minimum Gasteiger partial charge on any atom is -0.372 e. The van der Waals surface area contributed by atoms with E-state index in [9.17, 15) is 0 Å². The highest BCUT2D eigenvalue weighted by atomic mass is 16.5. The van der Waals surface area contributed by atoms with Crippen LogP contribution in [0.25, 0.3) is 0 Å². The number of likely N-dealkylation sites (N-methyl/N-ethyl adjacent to an activating group) is 1. The lowest BCUT2D eigenvalue weighted by Crippen LogP contribution is -2.55. The lowest BCUT2D eigenvalue weighted by atomic mass is 9.90. The largest absolute Gasteiger partial charge is 0.372 e. The van der Waals surface area contributed by atoms with Gasteiger partial charge in [-0.25, -0.2) is 0 Å². The van der Waals surface area contributed by atoms with Crippen molar-refractivity contribution in [3.63, 3.8) is 0 Å². The highest BCUT2D eigenvalue weighted by molar-refractivity contribution is 4.90. The van der Waals surface area contributed by atoms with Crippen molar-refractivity contribution < 1.29 is 4.74 Å². The van der Waals surface area contributed by atoms with E-state index >= 15 is 0 Å².